The highest BCUT2D eigenvalue weighted by Crippen LogP contribution is 2.35. The van der Waals surface area contributed by atoms with Crippen molar-refractivity contribution in [2.24, 2.45) is 0 Å². The van der Waals surface area contributed by atoms with Crippen LogP contribution in [0.15, 0.2) is 42.6 Å². The third-order valence-corrected chi connectivity index (χ3v) is 5.88. The highest BCUT2D eigenvalue weighted by molar-refractivity contribution is 5.93. The van der Waals surface area contributed by atoms with Crippen LogP contribution in [0.25, 0.3) is 5.65 Å². The van der Waals surface area contributed by atoms with E-state index >= 15 is 0 Å². The predicted octanol–water partition coefficient (Wildman–Crippen LogP) is 3.12. The fourth-order valence-corrected chi connectivity index (χ4v) is 4.38. The number of ether oxygens (including phenoxy) is 1. The van der Waals surface area contributed by atoms with Crippen molar-refractivity contribution < 1.29 is 13.9 Å². The number of nitrogens with zero attached hydrogens (tertiary/aromatic N) is 4. The number of carbonyl (C=O) groups is 1. The second-order valence-corrected chi connectivity index (χ2v) is 7.86. The second kappa shape index (κ2) is 8.02. The molecule has 3 aromatic rings. The summed E-state index contributed by atoms with van der Waals surface area (Å²) in [4.78, 5) is 19.2. The minimum absolute atomic E-state index is 0.0611. The Labute approximate surface area is 173 Å². The molecule has 0 saturated carbocycles. The summed E-state index contributed by atoms with van der Waals surface area (Å²) in [6, 6.07) is 10.6. The summed E-state index contributed by atoms with van der Waals surface area (Å²) in [5.41, 5.74) is 1.95. The summed E-state index contributed by atoms with van der Waals surface area (Å²) in [5, 5.41) is 7.64. The standard InChI is InChI=1S/C22H24FN5O2/c23-16-5-1-4-15(12-16)18-7-2-10-27(18)21-9-8-20-24-14-19(28(20)26-21)22(29)25-13-17-6-3-11-30-17/h1,4-5,8-9,12,14,17-18H,2-3,6-7,10-11,13H2,(H,25,29). The van der Waals surface area contributed by atoms with Gasteiger partial charge in [-0.05, 0) is 55.5 Å². The van der Waals surface area contributed by atoms with Crippen LogP contribution in [0.2, 0.25) is 0 Å². The van der Waals surface area contributed by atoms with Crippen molar-refractivity contribution >= 4 is 17.4 Å². The number of imidazole rings is 1. The van der Waals surface area contributed by atoms with Gasteiger partial charge in [-0.1, -0.05) is 12.1 Å². The number of hydrogen-bond donors (Lipinski definition) is 1. The summed E-state index contributed by atoms with van der Waals surface area (Å²) in [7, 11) is 0. The lowest BCUT2D eigenvalue weighted by Crippen LogP contribution is -2.32. The molecule has 0 bridgehead atoms. The molecule has 30 heavy (non-hydrogen) atoms. The summed E-state index contributed by atoms with van der Waals surface area (Å²) in [5.74, 6) is 0.300. The normalized spacial score (nSPS) is 21.4. The van der Waals surface area contributed by atoms with Crippen molar-refractivity contribution in [2.75, 3.05) is 24.6 Å². The topological polar surface area (TPSA) is 71.8 Å². The monoisotopic (exact) mass is 409 g/mol. The van der Waals surface area contributed by atoms with E-state index < -0.39 is 0 Å². The maximum Gasteiger partial charge on any atom is 0.271 e. The Morgan fingerprint density at radius 3 is 3.00 bits per heavy atom. The Morgan fingerprint density at radius 2 is 2.17 bits per heavy atom. The highest BCUT2D eigenvalue weighted by atomic mass is 19.1. The zero-order chi connectivity index (χ0) is 20.5. The van der Waals surface area contributed by atoms with E-state index in [4.69, 9.17) is 9.84 Å². The zero-order valence-electron chi connectivity index (χ0n) is 16.6. The molecule has 0 spiro atoms. The van der Waals surface area contributed by atoms with Crippen LogP contribution in [0.5, 0.6) is 0 Å². The van der Waals surface area contributed by atoms with E-state index in [1.165, 1.54) is 6.07 Å². The molecule has 2 fully saturated rings. The third-order valence-electron chi connectivity index (χ3n) is 5.88. The Morgan fingerprint density at radius 1 is 1.23 bits per heavy atom. The lowest BCUT2D eigenvalue weighted by Gasteiger charge is -2.26. The van der Waals surface area contributed by atoms with Gasteiger partial charge in [-0.15, -0.1) is 5.10 Å². The molecule has 0 aliphatic carbocycles. The lowest BCUT2D eigenvalue weighted by atomic mass is 10.0. The van der Waals surface area contributed by atoms with Crippen LogP contribution < -0.4 is 10.2 Å². The minimum Gasteiger partial charge on any atom is -0.376 e. The van der Waals surface area contributed by atoms with Crippen molar-refractivity contribution in [3.63, 3.8) is 0 Å². The van der Waals surface area contributed by atoms with Gasteiger partial charge in [-0.3, -0.25) is 4.79 Å². The fraction of sp³-hybridized carbons (Fsp3) is 0.409. The molecule has 2 unspecified atom stereocenters. The molecular formula is C22H24FN5O2. The van der Waals surface area contributed by atoms with Crippen molar-refractivity contribution in [3.8, 4) is 0 Å². The predicted molar refractivity (Wildman–Crippen MR) is 110 cm³/mol. The van der Waals surface area contributed by atoms with Crippen molar-refractivity contribution in [1.82, 2.24) is 19.9 Å². The molecule has 1 amide bonds. The number of fused-ring (bicyclic) bond motifs is 1. The first-order valence-corrected chi connectivity index (χ1v) is 10.5. The van der Waals surface area contributed by atoms with Crippen molar-refractivity contribution in [2.45, 2.75) is 37.8 Å². The molecule has 5 rings (SSSR count). The molecule has 1 N–H and O–H groups in total. The molecule has 2 aliphatic heterocycles. The minimum atomic E-state index is -0.234. The number of rotatable bonds is 5. The molecular weight excluding hydrogens is 385 g/mol. The molecule has 2 aliphatic rings. The van der Waals surface area contributed by atoms with E-state index in [1.807, 2.05) is 18.2 Å². The average molecular weight is 409 g/mol. The second-order valence-electron chi connectivity index (χ2n) is 7.86. The Bertz CT molecular complexity index is 1060. The Balaban J connectivity index is 1.40. The van der Waals surface area contributed by atoms with Gasteiger partial charge in [0.1, 0.15) is 11.6 Å². The Hall–Kier alpha value is -3.00. The van der Waals surface area contributed by atoms with Crippen LogP contribution in [0, 0.1) is 5.82 Å². The number of anilines is 1. The van der Waals surface area contributed by atoms with Crippen LogP contribution >= 0.6 is 0 Å². The molecule has 4 heterocycles. The summed E-state index contributed by atoms with van der Waals surface area (Å²) in [6.07, 6.45) is 5.55. The van der Waals surface area contributed by atoms with Gasteiger partial charge in [0.2, 0.25) is 0 Å². The first-order chi connectivity index (χ1) is 14.7. The molecule has 7 nitrogen and oxygen atoms in total. The van der Waals surface area contributed by atoms with Crippen molar-refractivity contribution in [1.29, 1.82) is 0 Å². The number of amides is 1. The fourth-order valence-electron chi connectivity index (χ4n) is 4.38. The van der Waals surface area contributed by atoms with E-state index in [9.17, 15) is 9.18 Å². The number of aromatic nitrogens is 3. The summed E-state index contributed by atoms with van der Waals surface area (Å²) < 4.78 is 20.9. The van der Waals surface area contributed by atoms with Gasteiger partial charge in [0.25, 0.3) is 5.91 Å². The van der Waals surface area contributed by atoms with Crippen LogP contribution in [-0.2, 0) is 4.74 Å². The summed E-state index contributed by atoms with van der Waals surface area (Å²) in [6.45, 7) is 2.07. The van der Waals surface area contributed by atoms with E-state index in [1.54, 1.807) is 22.8 Å². The first-order valence-electron chi connectivity index (χ1n) is 10.5. The lowest BCUT2D eigenvalue weighted by molar-refractivity contribution is 0.0852. The largest absolute Gasteiger partial charge is 0.376 e. The number of hydrogen-bond acceptors (Lipinski definition) is 5. The van der Waals surface area contributed by atoms with E-state index in [0.717, 1.165) is 50.2 Å². The molecule has 2 atom stereocenters. The summed E-state index contributed by atoms with van der Waals surface area (Å²) >= 11 is 0. The van der Waals surface area contributed by atoms with Gasteiger partial charge in [0.15, 0.2) is 11.3 Å². The van der Waals surface area contributed by atoms with E-state index in [0.29, 0.717) is 17.9 Å². The number of halogens is 1. The van der Waals surface area contributed by atoms with Crippen molar-refractivity contribution in [3.05, 3.63) is 59.7 Å². The maximum absolute atomic E-state index is 13.7. The smallest absolute Gasteiger partial charge is 0.271 e. The first kappa shape index (κ1) is 19.0. The van der Waals surface area contributed by atoms with Gasteiger partial charge in [0, 0.05) is 19.7 Å². The van der Waals surface area contributed by atoms with E-state index in [-0.39, 0.29) is 23.9 Å². The highest BCUT2D eigenvalue weighted by Gasteiger charge is 2.28. The number of carbonyl (C=O) groups excluding carboxylic acids is 1. The molecule has 156 valence electrons. The maximum atomic E-state index is 13.7. The quantitative estimate of drug-likeness (QED) is 0.701. The molecule has 2 saturated heterocycles. The zero-order valence-corrected chi connectivity index (χ0v) is 16.6. The SMILES string of the molecule is O=C(NCC1CCCO1)c1cnc2ccc(N3CCCC3c3cccc(F)c3)nn12. The molecule has 0 radical (unpaired) electrons. The van der Waals surface area contributed by atoms with E-state index in [2.05, 4.69) is 15.2 Å². The Kier molecular flexibility index (Phi) is 5.08. The van der Waals surface area contributed by atoms with Gasteiger partial charge < -0.3 is 15.0 Å². The molecule has 8 heteroatoms. The molecule has 1 aromatic carbocycles. The van der Waals surface area contributed by atoms with Gasteiger partial charge in [-0.2, -0.15) is 0 Å². The van der Waals surface area contributed by atoms with Crippen LogP contribution in [0.3, 0.4) is 0 Å². The van der Waals surface area contributed by atoms with Crippen LogP contribution in [0.1, 0.15) is 47.8 Å². The molecule has 2 aromatic heterocycles. The average Bonchev–Trinajstić information content (AvgIpc) is 3.52. The van der Waals surface area contributed by atoms with Crippen LogP contribution in [0.4, 0.5) is 10.2 Å². The van der Waals surface area contributed by atoms with Crippen LogP contribution in [-0.4, -0.2) is 46.3 Å². The van der Waals surface area contributed by atoms with Gasteiger partial charge >= 0.3 is 0 Å². The third kappa shape index (κ3) is 3.63. The number of benzene rings is 1. The number of nitrogens with one attached hydrogen (secondary N) is 1. The van der Waals surface area contributed by atoms with Gasteiger partial charge in [-0.25, -0.2) is 13.9 Å². The van der Waals surface area contributed by atoms with Gasteiger partial charge in [0.05, 0.1) is 18.3 Å².